The van der Waals surface area contributed by atoms with Gasteiger partial charge >= 0.3 is 6.03 Å². The first-order valence-electron chi connectivity index (χ1n) is 10.7. The molecule has 2 aromatic rings. The maximum absolute atomic E-state index is 12.6. The second-order valence-corrected chi connectivity index (χ2v) is 8.36. The van der Waals surface area contributed by atoms with Crippen LogP contribution in [0.2, 0.25) is 0 Å². The van der Waals surface area contributed by atoms with Crippen molar-refractivity contribution in [3.8, 4) is 0 Å². The molecule has 0 saturated carbocycles. The van der Waals surface area contributed by atoms with Crippen LogP contribution in [0.25, 0.3) is 11.6 Å². The Morgan fingerprint density at radius 2 is 1.88 bits per heavy atom. The molecule has 2 fully saturated rings. The van der Waals surface area contributed by atoms with Gasteiger partial charge in [-0.2, -0.15) is 0 Å². The fourth-order valence-corrected chi connectivity index (χ4v) is 4.29. The van der Waals surface area contributed by atoms with Crippen molar-refractivity contribution in [2.45, 2.75) is 13.1 Å². The lowest BCUT2D eigenvalue weighted by atomic mass is 10.0. The number of aromatic amines is 1. The van der Waals surface area contributed by atoms with Crippen LogP contribution in [0.4, 0.5) is 10.5 Å². The number of nitrogens with one attached hydrogen (secondary N) is 2. The summed E-state index contributed by atoms with van der Waals surface area (Å²) >= 11 is 0. The summed E-state index contributed by atoms with van der Waals surface area (Å²) in [4.78, 5) is 45.1. The maximum atomic E-state index is 12.6. The first-order chi connectivity index (χ1) is 15.5. The third kappa shape index (κ3) is 3.92. The molecule has 0 radical (unpaired) electrons. The first kappa shape index (κ1) is 20.5. The zero-order valence-electron chi connectivity index (χ0n) is 17.9. The van der Waals surface area contributed by atoms with Gasteiger partial charge in [-0.25, -0.2) is 4.79 Å². The molecular formula is C23H25N5O4. The lowest BCUT2D eigenvalue weighted by Crippen LogP contribution is -2.35. The molecule has 2 saturated heterocycles. The van der Waals surface area contributed by atoms with Gasteiger partial charge in [0.15, 0.2) is 0 Å². The van der Waals surface area contributed by atoms with Crippen molar-refractivity contribution >= 4 is 35.2 Å². The molecule has 0 aliphatic carbocycles. The van der Waals surface area contributed by atoms with E-state index >= 15 is 0 Å². The number of aromatic nitrogens is 1. The normalized spacial score (nSPS) is 20.4. The number of anilines is 1. The fraction of sp³-hybridized carbons (Fsp3) is 0.348. The molecule has 4 amide bonds. The number of urea groups is 1. The molecule has 1 aromatic heterocycles. The molecule has 1 aromatic carbocycles. The topological polar surface area (TPSA) is 98.0 Å². The van der Waals surface area contributed by atoms with E-state index in [0.717, 1.165) is 60.9 Å². The third-order valence-corrected chi connectivity index (χ3v) is 6.01. The zero-order chi connectivity index (χ0) is 22.2. The minimum atomic E-state index is -0.306. The summed E-state index contributed by atoms with van der Waals surface area (Å²) < 4.78 is 5.40. The van der Waals surface area contributed by atoms with Crippen LogP contribution in [-0.2, 0) is 27.4 Å². The van der Waals surface area contributed by atoms with Crippen molar-refractivity contribution in [2.75, 3.05) is 45.2 Å². The molecule has 0 atom stereocenters. The predicted molar refractivity (Wildman–Crippen MR) is 118 cm³/mol. The highest BCUT2D eigenvalue weighted by atomic mass is 16.5. The number of morpholine rings is 1. The average molecular weight is 435 g/mol. The van der Waals surface area contributed by atoms with Gasteiger partial charge in [-0.15, -0.1) is 0 Å². The summed E-state index contributed by atoms with van der Waals surface area (Å²) in [6.07, 6.45) is 3.81. The Hall–Kier alpha value is -3.43. The number of fused-ring (bicyclic) bond motifs is 1. The van der Waals surface area contributed by atoms with Gasteiger partial charge in [0.2, 0.25) is 0 Å². The summed E-state index contributed by atoms with van der Waals surface area (Å²) in [6.45, 7) is 4.45. The molecule has 0 spiro atoms. The molecular weight excluding hydrogens is 410 g/mol. The fourth-order valence-electron chi connectivity index (χ4n) is 4.29. The Bertz CT molecular complexity index is 1120. The van der Waals surface area contributed by atoms with Gasteiger partial charge in [0, 0.05) is 49.8 Å². The van der Waals surface area contributed by atoms with Crippen molar-refractivity contribution < 1.29 is 19.1 Å². The van der Waals surface area contributed by atoms with Crippen LogP contribution in [0.5, 0.6) is 0 Å². The van der Waals surface area contributed by atoms with E-state index in [-0.39, 0.29) is 30.9 Å². The molecule has 166 valence electrons. The molecule has 9 nitrogen and oxygen atoms in total. The lowest BCUT2D eigenvalue weighted by Gasteiger charge is -2.25. The first-order valence-corrected chi connectivity index (χ1v) is 10.7. The number of nitrogens with zero attached hydrogens (tertiary/aromatic N) is 3. The Labute approximate surface area is 185 Å². The molecule has 9 heteroatoms. The van der Waals surface area contributed by atoms with Gasteiger partial charge in [-0.3, -0.25) is 19.4 Å². The number of H-pyrrole nitrogens is 1. The van der Waals surface area contributed by atoms with Crippen LogP contribution >= 0.6 is 0 Å². The van der Waals surface area contributed by atoms with Crippen molar-refractivity contribution in [1.82, 2.24) is 19.7 Å². The Balaban J connectivity index is 1.36. The summed E-state index contributed by atoms with van der Waals surface area (Å²) in [5.74, 6) is -0.392. The van der Waals surface area contributed by atoms with E-state index in [1.165, 1.54) is 9.80 Å². The number of carbonyl (C=O) groups excluding carboxylic acids is 3. The number of hydrogen-bond donors (Lipinski definition) is 2. The van der Waals surface area contributed by atoms with Crippen LogP contribution in [-0.4, -0.2) is 77.4 Å². The van der Waals surface area contributed by atoms with Crippen LogP contribution in [0.1, 0.15) is 22.4 Å². The minimum absolute atomic E-state index is 0.0918. The van der Waals surface area contributed by atoms with E-state index in [1.54, 1.807) is 7.05 Å². The second-order valence-electron chi connectivity index (χ2n) is 8.36. The molecule has 5 rings (SSSR count). The molecule has 3 aliphatic rings. The quantitative estimate of drug-likeness (QED) is 0.551. The smallest absolute Gasteiger partial charge is 0.327 e. The molecule has 0 unspecified atom stereocenters. The van der Waals surface area contributed by atoms with Crippen molar-refractivity contribution in [3.05, 3.63) is 52.8 Å². The summed E-state index contributed by atoms with van der Waals surface area (Å²) in [5.41, 5.74) is 4.84. The van der Waals surface area contributed by atoms with E-state index in [9.17, 15) is 14.4 Å². The zero-order valence-corrected chi connectivity index (χ0v) is 17.9. The number of hydrogen-bond acceptors (Lipinski definition) is 5. The summed E-state index contributed by atoms with van der Waals surface area (Å²) in [5, 5.41) is 2.89. The summed E-state index contributed by atoms with van der Waals surface area (Å²) in [7, 11) is 1.61. The monoisotopic (exact) mass is 435 g/mol. The average Bonchev–Trinajstić information content (AvgIpc) is 3.42. The van der Waals surface area contributed by atoms with Gasteiger partial charge < -0.3 is 19.9 Å². The highest BCUT2D eigenvalue weighted by Crippen LogP contribution is 2.34. The maximum Gasteiger partial charge on any atom is 0.327 e. The van der Waals surface area contributed by atoms with Gasteiger partial charge in [-0.05, 0) is 35.4 Å². The number of amides is 4. The number of imide groups is 1. The highest BCUT2D eigenvalue weighted by Gasteiger charge is 2.34. The van der Waals surface area contributed by atoms with E-state index in [1.807, 2.05) is 30.5 Å². The number of benzene rings is 1. The Kier molecular flexibility index (Phi) is 5.28. The highest BCUT2D eigenvalue weighted by molar-refractivity contribution is 6.34. The van der Waals surface area contributed by atoms with E-state index in [4.69, 9.17) is 4.74 Å². The molecule has 32 heavy (non-hydrogen) atoms. The number of ether oxygens (including phenoxy) is 1. The molecule has 3 aliphatic heterocycles. The van der Waals surface area contributed by atoms with Crippen LogP contribution in [0, 0.1) is 0 Å². The summed E-state index contributed by atoms with van der Waals surface area (Å²) in [6, 6.07) is 7.26. The van der Waals surface area contributed by atoms with Crippen molar-refractivity contribution in [2.24, 2.45) is 0 Å². The number of likely N-dealkylation sites (N-methyl/N-ethyl adjacent to an activating group) is 1. The molecule has 4 heterocycles. The van der Waals surface area contributed by atoms with Crippen LogP contribution in [0.3, 0.4) is 0 Å². The van der Waals surface area contributed by atoms with Gasteiger partial charge in [0.1, 0.15) is 6.54 Å². The standard InChI is InChI=1S/C23H25N5O4/c1-26-14-21(29)28(23(26)31)13-15-2-3-20-18(9-15)19(22(30)25-20)10-17-8-16(11-24-17)12-27-4-6-32-7-5-27/h2-3,8-11,24H,4-7,12-14H2,1H3,(H,25,30)/b19-10-. The Morgan fingerprint density at radius 3 is 2.62 bits per heavy atom. The van der Waals surface area contributed by atoms with Crippen LogP contribution in [0.15, 0.2) is 30.5 Å². The number of carbonyl (C=O) groups is 3. The largest absolute Gasteiger partial charge is 0.379 e. The number of rotatable bonds is 5. The molecule has 0 bridgehead atoms. The van der Waals surface area contributed by atoms with Gasteiger partial charge in [-0.1, -0.05) is 6.07 Å². The Morgan fingerprint density at radius 1 is 1.06 bits per heavy atom. The minimum Gasteiger partial charge on any atom is -0.379 e. The second kappa shape index (κ2) is 8.25. The van der Waals surface area contributed by atoms with E-state index in [0.29, 0.717) is 5.57 Å². The third-order valence-electron chi connectivity index (χ3n) is 6.01. The lowest BCUT2D eigenvalue weighted by molar-refractivity contribution is -0.125. The van der Waals surface area contributed by atoms with E-state index < -0.39 is 0 Å². The van der Waals surface area contributed by atoms with Crippen LogP contribution < -0.4 is 5.32 Å². The van der Waals surface area contributed by atoms with E-state index in [2.05, 4.69) is 21.3 Å². The van der Waals surface area contributed by atoms with Crippen molar-refractivity contribution in [1.29, 1.82) is 0 Å². The van der Waals surface area contributed by atoms with Crippen molar-refractivity contribution in [3.63, 3.8) is 0 Å². The van der Waals surface area contributed by atoms with Gasteiger partial charge in [0.05, 0.1) is 25.3 Å². The van der Waals surface area contributed by atoms with Gasteiger partial charge in [0.25, 0.3) is 11.8 Å². The predicted octanol–water partition coefficient (Wildman–Crippen LogP) is 1.73. The molecule has 2 N–H and O–H groups in total. The SMILES string of the molecule is CN1CC(=O)N(Cc2ccc3c(c2)/C(=C/c2cc(CN4CCOCC4)c[nH]2)C(=O)N3)C1=O.